The molecule has 0 bridgehead atoms. The van der Waals surface area contributed by atoms with Crippen LogP contribution in [0.1, 0.15) is 34.0 Å². The number of ether oxygens (including phenoxy) is 1. The molecule has 0 saturated heterocycles. The van der Waals surface area contributed by atoms with Crippen molar-refractivity contribution in [2.45, 2.75) is 38.7 Å². The number of carbonyl (C=O) groups excluding carboxylic acids is 2. The molecule has 2 aromatic rings. The SMILES string of the molecule is Cc1ccc(S(C)(=O)=O)cc1C(=O)NNC(=O)[C@@H](C)Oc1c(C)cc(Cl)cc1C. The smallest absolute Gasteiger partial charge is 0.279 e. The van der Waals surface area contributed by atoms with E-state index in [2.05, 4.69) is 10.9 Å². The normalized spacial score (nSPS) is 12.2. The Labute approximate surface area is 175 Å². The number of halogens is 1. The lowest BCUT2D eigenvalue weighted by Crippen LogP contribution is -2.47. The third-order valence-electron chi connectivity index (χ3n) is 4.27. The zero-order valence-corrected chi connectivity index (χ0v) is 18.4. The monoisotopic (exact) mass is 438 g/mol. The van der Waals surface area contributed by atoms with Crippen molar-refractivity contribution in [3.63, 3.8) is 0 Å². The molecule has 2 aromatic carbocycles. The van der Waals surface area contributed by atoms with Gasteiger partial charge in [-0.15, -0.1) is 0 Å². The van der Waals surface area contributed by atoms with Crippen molar-refractivity contribution < 1.29 is 22.7 Å². The number of hydrogen-bond acceptors (Lipinski definition) is 5. The molecule has 0 aliphatic rings. The van der Waals surface area contributed by atoms with Gasteiger partial charge in [-0.1, -0.05) is 17.7 Å². The highest BCUT2D eigenvalue weighted by Gasteiger charge is 2.19. The second kappa shape index (κ2) is 8.84. The van der Waals surface area contributed by atoms with E-state index in [0.29, 0.717) is 16.3 Å². The van der Waals surface area contributed by atoms with Crippen molar-refractivity contribution in [2.75, 3.05) is 6.26 Å². The first-order valence-electron chi connectivity index (χ1n) is 8.74. The van der Waals surface area contributed by atoms with E-state index in [0.717, 1.165) is 17.4 Å². The first-order valence-corrected chi connectivity index (χ1v) is 11.0. The molecular weight excluding hydrogens is 416 g/mol. The fraction of sp³-hybridized carbons (Fsp3) is 0.300. The Morgan fingerprint density at radius 1 is 1.00 bits per heavy atom. The standard InChI is InChI=1S/C20H23ClN2O5S/c1-11-6-7-16(29(5,26)27)10-17(11)20(25)23-22-19(24)14(4)28-18-12(2)8-15(21)9-13(18)3/h6-10,14H,1-5H3,(H,22,24)(H,23,25)/t14-/m1/s1. The second-order valence-corrected chi connectivity index (χ2v) is 9.27. The molecule has 0 aliphatic heterocycles. The Bertz CT molecular complexity index is 1040. The number of rotatable bonds is 5. The number of aryl methyl sites for hydroxylation is 3. The fourth-order valence-electron chi connectivity index (χ4n) is 2.68. The van der Waals surface area contributed by atoms with Gasteiger partial charge in [-0.3, -0.25) is 20.4 Å². The van der Waals surface area contributed by atoms with Crippen LogP contribution in [0.4, 0.5) is 0 Å². The summed E-state index contributed by atoms with van der Waals surface area (Å²) in [6, 6.07) is 7.69. The first-order chi connectivity index (χ1) is 13.4. The van der Waals surface area contributed by atoms with Gasteiger partial charge in [0.05, 0.1) is 4.90 Å². The van der Waals surface area contributed by atoms with E-state index in [9.17, 15) is 18.0 Å². The number of hydrogen-bond donors (Lipinski definition) is 2. The molecule has 1 atom stereocenters. The van der Waals surface area contributed by atoms with Crippen LogP contribution in [-0.2, 0) is 14.6 Å². The van der Waals surface area contributed by atoms with Gasteiger partial charge in [-0.25, -0.2) is 8.42 Å². The summed E-state index contributed by atoms with van der Waals surface area (Å²) in [5, 5.41) is 0.573. The molecule has 0 aliphatic carbocycles. The molecule has 0 spiro atoms. The number of nitrogens with one attached hydrogen (secondary N) is 2. The Hall–Kier alpha value is -2.58. The summed E-state index contributed by atoms with van der Waals surface area (Å²) in [5.74, 6) is -0.656. The number of carbonyl (C=O) groups is 2. The topological polar surface area (TPSA) is 102 Å². The summed E-state index contributed by atoms with van der Waals surface area (Å²) >= 11 is 6.00. The average Bonchev–Trinajstić information content (AvgIpc) is 2.61. The fourth-order valence-corrected chi connectivity index (χ4v) is 3.65. The van der Waals surface area contributed by atoms with Crippen LogP contribution in [0.15, 0.2) is 35.2 Å². The van der Waals surface area contributed by atoms with Crippen molar-refractivity contribution in [3.8, 4) is 5.75 Å². The maximum absolute atomic E-state index is 12.4. The van der Waals surface area contributed by atoms with Crippen LogP contribution in [0.3, 0.4) is 0 Å². The summed E-state index contributed by atoms with van der Waals surface area (Å²) < 4.78 is 29.1. The Balaban J connectivity index is 2.06. The molecule has 29 heavy (non-hydrogen) atoms. The van der Waals surface area contributed by atoms with E-state index in [4.69, 9.17) is 16.3 Å². The summed E-state index contributed by atoms with van der Waals surface area (Å²) in [6.07, 6.45) is 0.165. The van der Waals surface area contributed by atoms with Gasteiger partial charge in [0.2, 0.25) is 0 Å². The van der Waals surface area contributed by atoms with Gasteiger partial charge in [-0.2, -0.15) is 0 Å². The molecule has 0 fully saturated rings. The van der Waals surface area contributed by atoms with E-state index >= 15 is 0 Å². The summed E-state index contributed by atoms with van der Waals surface area (Å²) in [6.45, 7) is 6.85. The summed E-state index contributed by atoms with van der Waals surface area (Å²) in [5.41, 5.74) is 6.87. The van der Waals surface area contributed by atoms with Gasteiger partial charge in [0.25, 0.3) is 11.8 Å². The minimum absolute atomic E-state index is 0.0185. The van der Waals surface area contributed by atoms with Crippen molar-refractivity contribution in [1.82, 2.24) is 10.9 Å². The highest BCUT2D eigenvalue weighted by Crippen LogP contribution is 2.27. The lowest BCUT2D eigenvalue weighted by Gasteiger charge is -2.18. The molecule has 0 unspecified atom stereocenters. The van der Waals surface area contributed by atoms with E-state index in [1.165, 1.54) is 18.2 Å². The lowest BCUT2D eigenvalue weighted by molar-refractivity contribution is -0.128. The first kappa shape index (κ1) is 22.7. The van der Waals surface area contributed by atoms with Crippen LogP contribution in [0, 0.1) is 20.8 Å². The Morgan fingerprint density at radius 3 is 2.14 bits per heavy atom. The van der Waals surface area contributed by atoms with Gasteiger partial charge in [0.15, 0.2) is 15.9 Å². The molecule has 2 rings (SSSR count). The second-order valence-electron chi connectivity index (χ2n) is 6.82. The third-order valence-corrected chi connectivity index (χ3v) is 5.60. The van der Waals surface area contributed by atoms with E-state index < -0.39 is 27.8 Å². The van der Waals surface area contributed by atoms with Crippen LogP contribution < -0.4 is 15.6 Å². The molecule has 0 saturated carbocycles. The maximum Gasteiger partial charge on any atom is 0.279 e. The van der Waals surface area contributed by atoms with Crippen LogP contribution in [-0.4, -0.2) is 32.6 Å². The molecule has 2 amide bonds. The van der Waals surface area contributed by atoms with E-state index in [1.54, 1.807) is 26.0 Å². The maximum atomic E-state index is 12.4. The van der Waals surface area contributed by atoms with Crippen LogP contribution in [0.25, 0.3) is 0 Å². The van der Waals surface area contributed by atoms with Gasteiger partial charge in [0.1, 0.15) is 5.75 Å². The minimum atomic E-state index is -3.46. The van der Waals surface area contributed by atoms with Crippen LogP contribution >= 0.6 is 11.6 Å². The number of hydrazine groups is 1. The Kier molecular flexibility index (Phi) is 6.92. The predicted octanol–water partition coefficient (Wildman–Crippen LogP) is 2.90. The third kappa shape index (κ3) is 5.71. The van der Waals surface area contributed by atoms with Gasteiger partial charge in [-0.05, 0) is 68.7 Å². The number of amides is 2. The zero-order chi connectivity index (χ0) is 21.9. The Morgan fingerprint density at radius 2 is 1.59 bits per heavy atom. The average molecular weight is 439 g/mol. The molecule has 2 N–H and O–H groups in total. The highest BCUT2D eigenvalue weighted by atomic mass is 35.5. The number of benzene rings is 2. The predicted molar refractivity (Wildman–Crippen MR) is 111 cm³/mol. The molecule has 0 aromatic heterocycles. The van der Waals surface area contributed by atoms with Crippen LogP contribution in [0.5, 0.6) is 5.75 Å². The van der Waals surface area contributed by atoms with Crippen molar-refractivity contribution in [2.24, 2.45) is 0 Å². The molecule has 156 valence electrons. The summed E-state index contributed by atoms with van der Waals surface area (Å²) in [7, 11) is -3.46. The minimum Gasteiger partial charge on any atom is -0.480 e. The highest BCUT2D eigenvalue weighted by molar-refractivity contribution is 7.90. The van der Waals surface area contributed by atoms with Crippen LogP contribution in [0.2, 0.25) is 5.02 Å². The molecule has 0 radical (unpaired) electrons. The summed E-state index contributed by atoms with van der Waals surface area (Å²) in [4.78, 5) is 24.7. The van der Waals surface area contributed by atoms with Gasteiger partial charge < -0.3 is 4.74 Å². The van der Waals surface area contributed by atoms with Crippen molar-refractivity contribution in [1.29, 1.82) is 0 Å². The molecule has 0 heterocycles. The van der Waals surface area contributed by atoms with Crippen molar-refractivity contribution >= 4 is 33.3 Å². The van der Waals surface area contributed by atoms with Crippen molar-refractivity contribution in [3.05, 3.63) is 57.6 Å². The zero-order valence-electron chi connectivity index (χ0n) is 16.8. The van der Waals surface area contributed by atoms with Gasteiger partial charge >= 0.3 is 0 Å². The number of sulfone groups is 1. The van der Waals surface area contributed by atoms with E-state index in [-0.39, 0.29) is 10.5 Å². The quantitative estimate of drug-likeness (QED) is 0.699. The molecular formula is C20H23ClN2O5S. The van der Waals surface area contributed by atoms with E-state index in [1.807, 2.05) is 13.8 Å². The lowest BCUT2D eigenvalue weighted by atomic mass is 10.1. The molecule has 7 nitrogen and oxygen atoms in total. The molecule has 9 heteroatoms. The van der Waals surface area contributed by atoms with Gasteiger partial charge in [0, 0.05) is 16.8 Å². The largest absolute Gasteiger partial charge is 0.480 e.